The van der Waals surface area contributed by atoms with Crippen LogP contribution in [-0.4, -0.2) is 25.0 Å². The number of anilines is 2. The Balaban J connectivity index is 1.55. The third kappa shape index (κ3) is 5.75. The smallest absolute Gasteiger partial charge is 0.265 e. The van der Waals surface area contributed by atoms with E-state index in [0.717, 1.165) is 0 Å². The Morgan fingerprint density at radius 3 is 1.93 bits per heavy atom. The van der Waals surface area contributed by atoms with Gasteiger partial charge in [0.2, 0.25) is 0 Å². The van der Waals surface area contributed by atoms with Crippen molar-refractivity contribution in [3.63, 3.8) is 0 Å². The van der Waals surface area contributed by atoms with Crippen LogP contribution in [0.2, 0.25) is 5.02 Å². The lowest BCUT2D eigenvalue weighted by Crippen LogP contribution is -2.30. The highest BCUT2D eigenvalue weighted by Gasteiger charge is 2.15. The third-order valence-corrected chi connectivity index (χ3v) is 4.51. The summed E-state index contributed by atoms with van der Waals surface area (Å²) in [6.07, 6.45) is -0.723. The summed E-state index contributed by atoms with van der Waals surface area (Å²) < 4.78 is 10.8. The molecule has 0 aliphatic carbocycles. The van der Waals surface area contributed by atoms with Gasteiger partial charge in [0.15, 0.2) is 6.10 Å². The first-order chi connectivity index (χ1) is 14.4. The molecule has 2 amide bonds. The second-order valence-corrected chi connectivity index (χ2v) is 6.90. The number of hydrogen-bond donors (Lipinski definition) is 2. The summed E-state index contributed by atoms with van der Waals surface area (Å²) in [6.45, 7) is 1.65. The monoisotopic (exact) mass is 424 g/mol. The largest absolute Gasteiger partial charge is 0.497 e. The minimum atomic E-state index is -0.723. The van der Waals surface area contributed by atoms with Crippen molar-refractivity contribution in [3.8, 4) is 11.5 Å². The van der Waals surface area contributed by atoms with Gasteiger partial charge in [0.1, 0.15) is 11.5 Å². The average molecular weight is 425 g/mol. The van der Waals surface area contributed by atoms with E-state index in [0.29, 0.717) is 33.5 Å². The topological polar surface area (TPSA) is 76.7 Å². The highest BCUT2D eigenvalue weighted by atomic mass is 35.5. The molecule has 154 valence electrons. The fraction of sp³-hybridized carbons (Fsp3) is 0.130. The first kappa shape index (κ1) is 21.2. The van der Waals surface area contributed by atoms with Gasteiger partial charge in [0, 0.05) is 22.0 Å². The van der Waals surface area contributed by atoms with Crippen LogP contribution in [0.15, 0.2) is 72.8 Å². The number of benzene rings is 3. The van der Waals surface area contributed by atoms with E-state index in [2.05, 4.69) is 10.6 Å². The van der Waals surface area contributed by atoms with Crippen LogP contribution in [-0.2, 0) is 4.79 Å². The fourth-order valence-electron chi connectivity index (χ4n) is 2.60. The number of methoxy groups -OCH3 is 1. The van der Waals surface area contributed by atoms with Crippen molar-refractivity contribution < 1.29 is 19.1 Å². The second-order valence-electron chi connectivity index (χ2n) is 6.46. The molecule has 0 aromatic heterocycles. The number of carbonyl (C=O) groups excluding carboxylic acids is 2. The summed E-state index contributed by atoms with van der Waals surface area (Å²) in [4.78, 5) is 24.7. The van der Waals surface area contributed by atoms with Gasteiger partial charge < -0.3 is 20.1 Å². The molecule has 3 aromatic rings. The molecule has 0 saturated carbocycles. The van der Waals surface area contributed by atoms with Crippen LogP contribution in [0.5, 0.6) is 11.5 Å². The minimum Gasteiger partial charge on any atom is -0.497 e. The maximum absolute atomic E-state index is 12.4. The van der Waals surface area contributed by atoms with Crippen LogP contribution in [0.4, 0.5) is 11.4 Å². The number of amides is 2. The van der Waals surface area contributed by atoms with Gasteiger partial charge in [0.25, 0.3) is 11.8 Å². The summed E-state index contributed by atoms with van der Waals surface area (Å²) in [5, 5.41) is 6.16. The van der Waals surface area contributed by atoms with Gasteiger partial charge in [-0.25, -0.2) is 0 Å². The molecule has 0 bridgehead atoms. The van der Waals surface area contributed by atoms with Crippen LogP contribution < -0.4 is 20.1 Å². The van der Waals surface area contributed by atoms with Crippen molar-refractivity contribution >= 4 is 34.8 Å². The number of nitrogens with one attached hydrogen (secondary N) is 2. The molecule has 6 nitrogen and oxygen atoms in total. The minimum absolute atomic E-state index is 0.250. The summed E-state index contributed by atoms with van der Waals surface area (Å²) in [5.41, 5.74) is 1.76. The van der Waals surface area contributed by atoms with E-state index in [-0.39, 0.29) is 11.8 Å². The van der Waals surface area contributed by atoms with Crippen molar-refractivity contribution in [2.75, 3.05) is 17.7 Å². The number of halogens is 1. The normalized spacial score (nSPS) is 11.3. The predicted octanol–water partition coefficient (Wildman–Crippen LogP) is 5.01. The summed E-state index contributed by atoms with van der Waals surface area (Å²) in [5.74, 6) is 0.650. The van der Waals surface area contributed by atoms with Gasteiger partial charge in [-0.05, 0) is 79.7 Å². The Morgan fingerprint density at radius 2 is 1.33 bits per heavy atom. The molecule has 7 heteroatoms. The average Bonchev–Trinajstić information content (AvgIpc) is 2.76. The molecular weight excluding hydrogens is 404 g/mol. The van der Waals surface area contributed by atoms with Crippen LogP contribution >= 0.6 is 11.6 Å². The summed E-state index contributed by atoms with van der Waals surface area (Å²) in [7, 11) is 1.58. The van der Waals surface area contributed by atoms with Crippen molar-refractivity contribution in [2.45, 2.75) is 13.0 Å². The van der Waals surface area contributed by atoms with Gasteiger partial charge in [-0.1, -0.05) is 11.6 Å². The van der Waals surface area contributed by atoms with Gasteiger partial charge in [-0.15, -0.1) is 0 Å². The van der Waals surface area contributed by atoms with Crippen molar-refractivity contribution in [2.24, 2.45) is 0 Å². The number of ether oxygens (including phenoxy) is 2. The predicted molar refractivity (Wildman–Crippen MR) is 118 cm³/mol. The number of hydrogen-bond acceptors (Lipinski definition) is 4. The van der Waals surface area contributed by atoms with Crippen LogP contribution in [0.25, 0.3) is 0 Å². The molecule has 2 N–H and O–H groups in total. The molecule has 0 radical (unpaired) electrons. The van der Waals surface area contributed by atoms with Gasteiger partial charge >= 0.3 is 0 Å². The maximum Gasteiger partial charge on any atom is 0.265 e. The van der Waals surface area contributed by atoms with E-state index in [1.807, 2.05) is 0 Å². The SMILES string of the molecule is COc1ccc(NC(=O)c2ccc(OC(C)C(=O)Nc3ccc(Cl)cc3)cc2)cc1. The van der Waals surface area contributed by atoms with Crippen molar-refractivity contribution in [1.82, 2.24) is 0 Å². The standard InChI is InChI=1S/C23H21ClN2O4/c1-15(22(27)25-18-7-5-17(24)6-8-18)30-21-11-3-16(4-12-21)23(28)26-19-9-13-20(29-2)14-10-19/h3-15H,1-2H3,(H,25,27)(H,26,28). The molecule has 0 aliphatic rings. The number of carbonyl (C=O) groups is 2. The Labute approximate surface area is 179 Å². The molecule has 0 heterocycles. The first-order valence-corrected chi connectivity index (χ1v) is 9.61. The maximum atomic E-state index is 12.4. The molecule has 30 heavy (non-hydrogen) atoms. The van der Waals surface area contributed by atoms with Crippen molar-refractivity contribution in [3.05, 3.63) is 83.4 Å². The zero-order valence-corrected chi connectivity index (χ0v) is 17.3. The van der Waals surface area contributed by atoms with Gasteiger partial charge in [-0.2, -0.15) is 0 Å². The Kier molecular flexibility index (Phi) is 6.93. The van der Waals surface area contributed by atoms with E-state index in [1.54, 1.807) is 86.8 Å². The zero-order valence-electron chi connectivity index (χ0n) is 16.5. The second kappa shape index (κ2) is 9.80. The number of rotatable bonds is 7. The highest BCUT2D eigenvalue weighted by molar-refractivity contribution is 6.30. The third-order valence-electron chi connectivity index (χ3n) is 4.26. The van der Waals surface area contributed by atoms with Crippen LogP contribution in [0.3, 0.4) is 0 Å². The van der Waals surface area contributed by atoms with E-state index < -0.39 is 6.10 Å². The Bertz CT molecular complexity index is 1000. The van der Waals surface area contributed by atoms with Crippen LogP contribution in [0.1, 0.15) is 17.3 Å². The molecular formula is C23H21ClN2O4. The molecule has 0 saturated heterocycles. The van der Waals surface area contributed by atoms with Gasteiger partial charge in [-0.3, -0.25) is 9.59 Å². The van der Waals surface area contributed by atoms with E-state index in [4.69, 9.17) is 21.1 Å². The molecule has 0 spiro atoms. The quantitative estimate of drug-likeness (QED) is 0.559. The Morgan fingerprint density at radius 1 is 0.800 bits per heavy atom. The highest BCUT2D eigenvalue weighted by Crippen LogP contribution is 2.19. The first-order valence-electron chi connectivity index (χ1n) is 9.23. The summed E-state index contributed by atoms with van der Waals surface area (Å²) >= 11 is 5.84. The van der Waals surface area contributed by atoms with Crippen molar-refractivity contribution in [1.29, 1.82) is 0 Å². The molecule has 3 aromatic carbocycles. The van der Waals surface area contributed by atoms with E-state index in [9.17, 15) is 9.59 Å². The van der Waals surface area contributed by atoms with E-state index >= 15 is 0 Å². The Hall–Kier alpha value is -3.51. The van der Waals surface area contributed by atoms with Crippen LogP contribution in [0, 0.1) is 0 Å². The van der Waals surface area contributed by atoms with Gasteiger partial charge in [0.05, 0.1) is 7.11 Å². The lowest BCUT2D eigenvalue weighted by Gasteiger charge is -2.15. The molecule has 1 unspecified atom stereocenters. The molecule has 1 atom stereocenters. The zero-order chi connectivity index (χ0) is 21.5. The van der Waals surface area contributed by atoms with E-state index in [1.165, 1.54) is 0 Å². The fourth-order valence-corrected chi connectivity index (χ4v) is 2.72. The molecule has 0 fully saturated rings. The lowest BCUT2D eigenvalue weighted by atomic mass is 10.2. The lowest BCUT2D eigenvalue weighted by molar-refractivity contribution is -0.122. The summed E-state index contributed by atoms with van der Waals surface area (Å²) in [6, 6.07) is 20.4. The molecule has 3 rings (SSSR count). The molecule has 0 aliphatic heterocycles.